The number of nitrogens with one attached hydrogen (secondary N) is 1. The summed E-state index contributed by atoms with van der Waals surface area (Å²) in [5, 5.41) is 8.34. The van der Waals surface area contributed by atoms with Gasteiger partial charge in [-0.25, -0.2) is 8.78 Å². The standard InChI is InChI=1S/C24H26ClF2N3/c1-24(2,3)30-11-10-19(20(14-30)18-9-8-17(26)12-21(18)27)23-13-22(28-29-23)15-4-6-16(25)7-5-15/h4-9,12-13,19-20H,10-11,14H2,1-3H3,(H,28,29)/t19-,20+/m1/s1. The van der Waals surface area contributed by atoms with Gasteiger partial charge in [-0.3, -0.25) is 10.00 Å². The quantitative estimate of drug-likeness (QED) is 0.523. The van der Waals surface area contributed by atoms with Crippen LogP contribution < -0.4 is 0 Å². The number of aromatic amines is 1. The average molecular weight is 430 g/mol. The Hall–Kier alpha value is -2.24. The van der Waals surface area contributed by atoms with E-state index in [0.717, 1.165) is 36.0 Å². The van der Waals surface area contributed by atoms with Crippen LogP contribution in [0.5, 0.6) is 0 Å². The van der Waals surface area contributed by atoms with Crippen molar-refractivity contribution < 1.29 is 8.78 Å². The Morgan fingerprint density at radius 2 is 1.77 bits per heavy atom. The molecular formula is C24H26ClF2N3. The van der Waals surface area contributed by atoms with Gasteiger partial charge in [-0.2, -0.15) is 5.10 Å². The molecule has 1 N–H and O–H groups in total. The molecule has 2 atom stereocenters. The SMILES string of the molecule is CC(C)(C)N1CC[C@@H](c2cc(-c3ccc(Cl)cc3)n[nH]2)[C@H](c2ccc(F)cc2F)C1. The summed E-state index contributed by atoms with van der Waals surface area (Å²) >= 11 is 5.99. The van der Waals surface area contributed by atoms with Crippen LogP contribution in [-0.4, -0.2) is 33.7 Å². The highest BCUT2D eigenvalue weighted by molar-refractivity contribution is 6.30. The number of hydrogen-bond donors (Lipinski definition) is 1. The third-order valence-corrected chi connectivity index (χ3v) is 6.31. The highest BCUT2D eigenvalue weighted by atomic mass is 35.5. The summed E-state index contributed by atoms with van der Waals surface area (Å²) in [6, 6.07) is 13.5. The van der Waals surface area contributed by atoms with E-state index in [-0.39, 0.29) is 17.4 Å². The molecule has 2 aromatic carbocycles. The lowest BCUT2D eigenvalue weighted by Crippen LogP contribution is -2.48. The maximum absolute atomic E-state index is 14.8. The third-order valence-electron chi connectivity index (χ3n) is 6.06. The molecule has 4 rings (SSSR count). The molecule has 0 unspecified atom stereocenters. The lowest BCUT2D eigenvalue weighted by molar-refractivity contribution is 0.0871. The highest BCUT2D eigenvalue weighted by Gasteiger charge is 2.37. The zero-order valence-electron chi connectivity index (χ0n) is 17.4. The number of benzene rings is 2. The van der Waals surface area contributed by atoms with Crippen molar-refractivity contribution in [1.29, 1.82) is 0 Å². The summed E-state index contributed by atoms with van der Waals surface area (Å²) in [6.07, 6.45) is 0.862. The van der Waals surface area contributed by atoms with Crippen LogP contribution in [0, 0.1) is 11.6 Å². The predicted octanol–water partition coefficient (Wildman–Crippen LogP) is 6.38. The molecule has 0 spiro atoms. The van der Waals surface area contributed by atoms with Gasteiger partial charge >= 0.3 is 0 Å². The first kappa shape index (κ1) is 21.0. The van der Waals surface area contributed by atoms with Gasteiger partial charge in [-0.1, -0.05) is 29.8 Å². The van der Waals surface area contributed by atoms with Gasteiger partial charge in [0.1, 0.15) is 11.6 Å². The number of hydrogen-bond acceptors (Lipinski definition) is 2. The second-order valence-corrected chi connectivity index (χ2v) is 9.44. The number of halogens is 3. The summed E-state index contributed by atoms with van der Waals surface area (Å²) in [7, 11) is 0. The van der Waals surface area contributed by atoms with E-state index >= 15 is 0 Å². The normalized spacial score (nSPS) is 20.5. The minimum Gasteiger partial charge on any atom is -0.298 e. The monoisotopic (exact) mass is 429 g/mol. The van der Waals surface area contributed by atoms with E-state index in [2.05, 4.69) is 35.9 Å². The number of H-pyrrole nitrogens is 1. The summed E-state index contributed by atoms with van der Waals surface area (Å²) in [5.74, 6) is -1.07. The van der Waals surface area contributed by atoms with Crippen molar-refractivity contribution in [2.45, 2.75) is 44.6 Å². The second-order valence-electron chi connectivity index (χ2n) is 9.00. The molecule has 1 fully saturated rings. The highest BCUT2D eigenvalue weighted by Crippen LogP contribution is 2.42. The van der Waals surface area contributed by atoms with Crippen LogP contribution >= 0.6 is 11.6 Å². The summed E-state index contributed by atoms with van der Waals surface area (Å²) < 4.78 is 28.3. The average Bonchev–Trinajstić information content (AvgIpc) is 3.17. The van der Waals surface area contributed by atoms with Gasteiger partial charge in [-0.15, -0.1) is 0 Å². The van der Waals surface area contributed by atoms with E-state index in [4.69, 9.17) is 11.6 Å². The van der Waals surface area contributed by atoms with Gasteiger partial charge in [0, 0.05) is 46.3 Å². The fourth-order valence-electron chi connectivity index (χ4n) is 4.35. The van der Waals surface area contributed by atoms with Gasteiger partial charge in [0.2, 0.25) is 0 Å². The molecule has 2 heterocycles. The second kappa shape index (κ2) is 8.12. The summed E-state index contributed by atoms with van der Waals surface area (Å²) in [5.41, 5.74) is 3.30. The Balaban J connectivity index is 1.69. The van der Waals surface area contributed by atoms with E-state index in [1.54, 1.807) is 6.07 Å². The Labute approximate surface area is 181 Å². The molecule has 0 amide bonds. The van der Waals surface area contributed by atoms with Crippen molar-refractivity contribution in [3.8, 4) is 11.3 Å². The molecule has 3 aromatic rings. The lowest BCUT2D eigenvalue weighted by atomic mass is 9.77. The lowest BCUT2D eigenvalue weighted by Gasteiger charge is -2.45. The van der Waals surface area contributed by atoms with Crippen LogP contribution in [0.3, 0.4) is 0 Å². The molecule has 0 bridgehead atoms. The number of likely N-dealkylation sites (tertiary alicyclic amines) is 1. The topological polar surface area (TPSA) is 31.9 Å². The zero-order chi connectivity index (χ0) is 21.5. The van der Waals surface area contributed by atoms with E-state index < -0.39 is 11.6 Å². The van der Waals surface area contributed by atoms with Crippen molar-refractivity contribution in [3.05, 3.63) is 76.4 Å². The van der Waals surface area contributed by atoms with Gasteiger partial charge in [-0.05, 0) is 63.6 Å². The molecule has 0 radical (unpaired) electrons. The van der Waals surface area contributed by atoms with Crippen LogP contribution in [0.25, 0.3) is 11.3 Å². The molecule has 30 heavy (non-hydrogen) atoms. The Kier molecular flexibility index (Phi) is 5.69. The molecular weight excluding hydrogens is 404 g/mol. The van der Waals surface area contributed by atoms with Gasteiger partial charge in [0.15, 0.2) is 0 Å². The fourth-order valence-corrected chi connectivity index (χ4v) is 4.47. The third kappa shape index (κ3) is 4.28. The van der Waals surface area contributed by atoms with Crippen molar-refractivity contribution in [1.82, 2.24) is 15.1 Å². The Bertz CT molecular complexity index is 1020. The molecule has 1 aliphatic heterocycles. The predicted molar refractivity (Wildman–Crippen MR) is 117 cm³/mol. The summed E-state index contributed by atoms with van der Waals surface area (Å²) in [4.78, 5) is 2.37. The number of piperidine rings is 1. The van der Waals surface area contributed by atoms with Crippen LogP contribution in [0.1, 0.15) is 50.3 Å². The number of nitrogens with zero attached hydrogens (tertiary/aromatic N) is 2. The van der Waals surface area contributed by atoms with Crippen molar-refractivity contribution in [3.63, 3.8) is 0 Å². The largest absolute Gasteiger partial charge is 0.298 e. The van der Waals surface area contributed by atoms with E-state index in [1.807, 2.05) is 30.3 Å². The first-order chi connectivity index (χ1) is 14.2. The van der Waals surface area contributed by atoms with Crippen LogP contribution in [0.15, 0.2) is 48.5 Å². The van der Waals surface area contributed by atoms with E-state index in [0.29, 0.717) is 17.1 Å². The van der Waals surface area contributed by atoms with Crippen molar-refractivity contribution in [2.24, 2.45) is 0 Å². The summed E-state index contributed by atoms with van der Waals surface area (Å²) in [6.45, 7) is 8.11. The van der Waals surface area contributed by atoms with E-state index in [1.165, 1.54) is 6.07 Å². The van der Waals surface area contributed by atoms with E-state index in [9.17, 15) is 8.78 Å². The molecule has 1 aliphatic rings. The van der Waals surface area contributed by atoms with Crippen LogP contribution in [0.2, 0.25) is 5.02 Å². The maximum Gasteiger partial charge on any atom is 0.129 e. The molecule has 1 saturated heterocycles. The first-order valence-electron chi connectivity index (χ1n) is 10.2. The molecule has 0 saturated carbocycles. The van der Waals surface area contributed by atoms with Gasteiger partial charge in [0.25, 0.3) is 0 Å². The smallest absolute Gasteiger partial charge is 0.129 e. The molecule has 3 nitrogen and oxygen atoms in total. The van der Waals surface area contributed by atoms with Gasteiger partial charge < -0.3 is 0 Å². The molecule has 6 heteroatoms. The Morgan fingerprint density at radius 3 is 2.43 bits per heavy atom. The molecule has 1 aromatic heterocycles. The Morgan fingerprint density at radius 1 is 1.03 bits per heavy atom. The zero-order valence-corrected chi connectivity index (χ0v) is 18.2. The number of aromatic nitrogens is 2. The molecule has 158 valence electrons. The minimum absolute atomic E-state index is 0.0256. The molecule has 0 aliphatic carbocycles. The maximum atomic E-state index is 14.8. The first-order valence-corrected chi connectivity index (χ1v) is 10.6. The van der Waals surface area contributed by atoms with Crippen molar-refractivity contribution in [2.75, 3.05) is 13.1 Å². The van der Waals surface area contributed by atoms with Crippen molar-refractivity contribution >= 4 is 11.6 Å². The minimum atomic E-state index is -0.553. The van der Waals surface area contributed by atoms with Crippen LogP contribution in [-0.2, 0) is 0 Å². The van der Waals surface area contributed by atoms with Gasteiger partial charge in [0.05, 0.1) is 5.69 Å². The fraction of sp³-hybridized carbons (Fsp3) is 0.375. The van der Waals surface area contributed by atoms with Crippen LogP contribution in [0.4, 0.5) is 8.78 Å². The number of rotatable bonds is 3.